The number of methoxy groups -OCH3 is 1. The van der Waals surface area contributed by atoms with Crippen LogP contribution in [0.2, 0.25) is 0 Å². The number of esters is 2. The highest BCUT2D eigenvalue weighted by atomic mass is 16.6. The van der Waals surface area contributed by atoms with Gasteiger partial charge in [-0.2, -0.15) is 0 Å². The fourth-order valence-corrected chi connectivity index (χ4v) is 6.85. The molecule has 210 valence electrons. The van der Waals surface area contributed by atoms with Crippen LogP contribution in [0.5, 0.6) is 23.0 Å². The average molecular weight is 537 g/mol. The van der Waals surface area contributed by atoms with Crippen LogP contribution in [-0.2, 0) is 9.53 Å². The van der Waals surface area contributed by atoms with E-state index < -0.39 is 23.6 Å². The van der Waals surface area contributed by atoms with Crippen molar-refractivity contribution >= 4 is 11.9 Å². The van der Waals surface area contributed by atoms with E-state index in [2.05, 4.69) is 0 Å². The van der Waals surface area contributed by atoms with E-state index in [1.807, 2.05) is 40.7 Å². The predicted molar refractivity (Wildman–Crippen MR) is 146 cm³/mol. The Kier molecular flexibility index (Phi) is 6.94. The second kappa shape index (κ2) is 9.84. The van der Waals surface area contributed by atoms with E-state index in [1.165, 1.54) is 7.11 Å². The summed E-state index contributed by atoms with van der Waals surface area (Å²) >= 11 is 0. The number of carbonyl (C=O) groups is 2. The number of fused-ring (bicyclic) bond motifs is 4. The molecule has 0 spiro atoms. The summed E-state index contributed by atoms with van der Waals surface area (Å²) in [6.45, 7) is 11.8. The molecule has 0 aromatic heterocycles. The highest BCUT2D eigenvalue weighted by Crippen LogP contribution is 2.59. The van der Waals surface area contributed by atoms with Gasteiger partial charge in [-0.25, -0.2) is 4.79 Å². The zero-order valence-electron chi connectivity index (χ0n) is 24.1. The van der Waals surface area contributed by atoms with Crippen LogP contribution >= 0.6 is 0 Å². The molecule has 2 aliphatic carbocycles. The minimum Gasteiger partial charge on any atom is -0.495 e. The summed E-state index contributed by atoms with van der Waals surface area (Å²) in [6.07, 6.45) is 3.17. The molecule has 1 heterocycles. The van der Waals surface area contributed by atoms with Crippen molar-refractivity contribution in [2.24, 2.45) is 22.7 Å². The molecule has 7 heteroatoms. The number of ether oxygens (including phenoxy) is 4. The third kappa shape index (κ3) is 4.79. The molecule has 0 saturated heterocycles. The van der Waals surface area contributed by atoms with Gasteiger partial charge in [0.1, 0.15) is 23.2 Å². The summed E-state index contributed by atoms with van der Waals surface area (Å²) in [5.41, 5.74) is 1.41. The number of aliphatic hydroxyl groups is 1. The third-order valence-electron chi connectivity index (χ3n) is 8.95. The highest BCUT2D eigenvalue weighted by Gasteiger charge is 2.57. The summed E-state index contributed by atoms with van der Waals surface area (Å²) in [5, 5.41) is 11.0. The summed E-state index contributed by atoms with van der Waals surface area (Å²) in [6, 6.07) is 7.04. The van der Waals surface area contributed by atoms with E-state index in [0.717, 1.165) is 31.2 Å². The summed E-state index contributed by atoms with van der Waals surface area (Å²) in [7, 11) is 1.46. The van der Waals surface area contributed by atoms with Crippen molar-refractivity contribution in [3.05, 3.63) is 46.5 Å². The van der Waals surface area contributed by atoms with Gasteiger partial charge in [-0.05, 0) is 100.0 Å². The molecular formula is C32H40O7. The number of hydrogen-bond acceptors (Lipinski definition) is 7. The van der Waals surface area contributed by atoms with Gasteiger partial charge in [-0.3, -0.25) is 4.79 Å². The van der Waals surface area contributed by atoms with E-state index in [-0.39, 0.29) is 28.4 Å². The fourth-order valence-electron chi connectivity index (χ4n) is 6.85. The monoisotopic (exact) mass is 536 g/mol. The van der Waals surface area contributed by atoms with Crippen molar-refractivity contribution in [1.82, 2.24) is 0 Å². The smallest absolute Gasteiger partial charge is 0.346 e. The Morgan fingerprint density at radius 2 is 1.79 bits per heavy atom. The Bertz CT molecular complexity index is 1280. The molecule has 2 bridgehead atoms. The predicted octanol–water partition coefficient (Wildman–Crippen LogP) is 7.23. The van der Waals surface area contributed by atoms with Gasteiger partial charge in [-0.15, -0.1) is 0 Å². The molecule has 5 rings (SSSR count). The SMILES string of the molecule is COc1c([C@@H](O)CC(C)(C)C)ccc2c1C(=O)OC(C)c1cc(C)cc(OC(=O)C3(C)C4CCC3CC4)c1O2. The van der Waals surface area contributed by atoms with Crippen molar-refractivity contribution in [2.75, 3.05) is 7.11 Å². The topological polar surface area (TPSA) is 91.3 Å². The maximum Gasteiger partial charge on any atom is 0.346 e. The van der Waals surface area contributed by atoms with Crippen LogP contribution in [0, 0.1) is 29.6 Å². The van der Waals surface area contributed by atoms with Crippen molar-refractivity contribution in [3.63, 3.8) is 0 Å². The van der Waals surface area contributed by atoms with E-state index in [4.69, 9.17) is 18.9 Å². The number of carbonyl (C=O) groups excluding carboxylic acids is 2. The van der Waals surface area contributed by atoms with Crippen LogP contribution in [0.25, 0.3) is 0 Å². The molecule has 0 radical (unpaired) electrons. The third-order valence-corrected chi connectivity index (χ3v) is 8.95. The van der Waals surface area contributed by atoms with Crippen LogP contribution < -0.4 is 14.2 Å². The lowest BCUT2D eigenvalue weighted by atomic mass is 9.80. The van der Waals surface area contributed by atoms with Gasteiger partial charge in [-0.1, -0.05) is 20.8 Å². The number of aryl methyl sites for hydroxylation is 1. The normalized spacial score (nSPS) is 26.5. The van der Waals surface area contributed by atoms with Gasteiger partial charge in [0.25, 0.3) is 0 Å². The molecule has 0 amide bonds. The van der Waals surface area contributed by atoms with E-state index in [0.29, 0.717) is 40.9 Å². The van der Waals surface area contributed by atoms with Gasteiger partial charge < -0.3 is 24.1 Å². The molecule has 3 aliphatic rings. The molecule has 7 nitrogen and oxygen atoms in total. The lowest BCUT2D eigenvalue weighted by Gasteiger charge is -2.30. The lowest BCUT2D eigenvalue weighted by Crippen LogP contribution is -2.36. The van der Waals surface area contributed by atoms with Crippen LogP contribution in [0.4, 0.5) is 0 Å². The van der Waals surface area contributed by atoms with E-state index in [1.54, 1.807) is 25.1 Å². The number of rotatable bonds is 5. The minimum absolute atomic E-state index is 0.0964. The Hall–Kier alpha value is -3.06. The highest BCUT2D eigenvalue weighted by molar-refractivity contribution is 5.97. The first-order valence-corrected chi connectivity index (χ1v) is 14.0. The molecule has 2 atom stereocenters. The molecule has 2 fully saturated rings. The number of cyclic esters (lactones) is 1. The maximum absolute atomic E-state index is 13.7. The largest absolute Gasteiger partial charge is 0.495 e. The van der Waals surface area contributed by atoms with Crippen LogP contribution in [0.3, 0.4) is 0 Å². The minimum atomic E-state index is -0.852. The fraction of sp³-hybridized carbons (Fsp3) is 0.562. The summed E-state index contributed by atoms with van der Waals surface area (Å²) in [5.74, 6) is 0.920. The summed E-state index contributed by atoms with van der Waals surface area (Å²) in [4.78, 5) is 27.1. The molecule has 2 aromatic carbocycles. The quantitative estimate of drug-likeness (QED) is 0.318. The second-order valence-electron chi connectivity index (χ2n) is 12.9. The van der Waals surface area contributed by atoms with E-state index >= 15 is 0 Å². The standard InChI is InChI=1S/C32H40O7/c1-17-14-22-18(2)37-29(34)26-24(13-12-21(28(26)36-7)23(33)16-31(3,4)5)38-27(22)25(15-17)39-30(35)32(6)19-8-9-20(32)11-10-19/h12-15,18-20,23,33H,8-11,16H2,1-7H3/t18?,19?,20?,23-,32?/m0/s1. The molecule has 1 aliphatic heterocycles. The van der Waals surface area contributed by atoms with Crippen molar-refractivity contribution in [3.8, 4) is 23.0 Å². The first-order valence-electron chi connectivity index (χ1n) is 14.0. The van der Waals surface area contributed by atoms with Gasteiger partial charge in [0.15, 0.2) is 11.5 Å². The van der Waals surface area contributed by atoms with Gasteiger partial charge in [0, 0.05) is 11.1 Å². The van der Waals surface area contributed by atoms with Crippen LogP contribution in [-0.4, -0.2) is 24.2 Å². The zero-order valence-corrected chi connectivity index (χ0v) is 24.1. The molecule has 2 aromatic rings. The van der Waals surface area contributed by atoms with Crippen LogP contribution in [0.15, 0.2) is 24.3 Å². The Labute approximate surface area is 230 Å². The molecule has 1 N–H and O–H groups in total. The number of benzene rings is 2. The summed E-state index contributed by atoms with van der Waals surface area (Å²) < 4.78 is 24.1. The average Bonchev–Trinajstić information content (AvgIpc) is 3.35. The Morgan fingerprint density at radius 3 is 2.38 bits per heavy atom. The first-order chi connectivity index (χ1) is 18.3. The number of hydrogen-bond donors (Lipinski definition) is 1. The Balaban J connectivity index is 1.57. The van der Waals surface area contributed by atoms with Crippen molar-refractivity contribution < 1.29 is 33.6 Å². The molecule has 2 saturated carbocycles. The van der Waals surface area contributed by atoms with Gasteiger partial charge in [0.2, 0.25) is 0 Å². The van der Waals surface area contributed by atoms with Gasteiger partial charge in [0.05, 0.1) is 18.6 Å². The van der Waals surface area contributed by atoms with Crippen LogP contribution in [0.1, 0.15) is 106 Å². The zero-order chi connectivity index (χ0) is 28.3. The molecule has 39 heavy (non-hydrogen) atoms. The van der Waals surface area contributed by atoms with Crippen molar-refractivity contribution in [1.29, 1.82) is 0 Å². The van der Waals surface area contributed by atoms with Crippen molar-refractivity contribution in [2.45, 2.75) is 85.9 Å². The number of aliphatic hydroxyl groups excluding tert-OH is 1. The maximum atomic E-state index is 13.7. The van der Waals surface area contributed by atoms with E-state index in [9.17, 15) is 14.7 Å². The second-order valence-corrected chi connectivity index (χ2v) is 12.9. The van der Waals surface area contributed by atoms with Gasteiger partial charge >= 0.3 is 11.9 Å². The lowest BCUT2D eigenvalue weighted by molar-refractivity contribution is -0.147. The Morgan fingerprint density at radius 1 is 1.15 bits per heavy atom. The molecular weight excluding hydrogens is 496 g/mol. The first kappa shape index (κ1) is 27.5. The molecule has 1 unspecified atom stereocenters.